The van der Waals surface area contributed by atoms with Gasteiger partial charge < -0.3 is 11.1 Å². The molecule has 0 saturated heterocycles. The second-order valence-corrected chi connectivity index (χ2v) is 4.87. The lowest BCUT2D eigenvalue weighted by Crippen LogP contribution is -2.34. The molecule has 1 aromatic rings. The largest absolute Gasteiger partial charge is 0.327 e. The van der Waals surface area contributed by atoms with Crippen molar-refractivity contribution in [1.29, 1.82) is 0 Å². The highest BCUT2D eigenvalue weighted by molar-refractivity contribution is 9.10. The van der Waals surface area contributed by atoms with Gasteiger partial charge in [-0.1, -0.05) is 19.1 Å². The fourth-order valence-electron chi connectivity index (χ4n) is 1.23. The molecule has 16 heavy (non-hydrogen) atoms. The van der Waals surface area contributed by atoms with E-state index in [1.807, 2.05) is 39.0 Å². The van der Waals surface area contributed by atoms with Gasteiger partial charge in [0.2, 0.25) is 5.91 Å². The summed E-state index contributed by atoms with van der Waals surface area (Å²) in [4.78, 5) is 11.8. The van der Waals surface area contributed by atoms with Gasteiger partial charge in [0.1, 0.15) is 0 Å². The molecule has 0 aliphatic heterocycles. The van der Waals surface area contributed by atoms with Crippen LogP contribution in [0.5, 0.6) is 0 Å². The highest BCUT2D eigenvalue weighted by Gasteiger charge is 2.17. The Balaban J connectivity index is 2.81. The second kappa shape index (κ2) is 5.46. The second-order valence-electron chi connectivity index (χ2n) is 4.07. The van der Waals surface area contributed by atoms with E-state index in [9.17, 15) is 4.79 Å². The number of nitrogens with two attached hydrogens (primary N) is 1. The summed E-state index contributed by atoms with van der Waals surface area (Å²) in [6.07, 6.45) is 0. The highest BCUT2D eigenvalue weighted by atomic mass is 79.9. The summed E-state index contributed by atoms with van der Waals surface area (Å²) in [5.41, 5.74) is 7.56. The maximum atomic E-state index is 11.8. The average molecular weight is 285 g/mol. The Morgan fingerprint density at radius 3 is 2.62 bits per heavy atom. The molecule has 88 valence electrons. The van der Waals surface area contributed by atoms with Crippen LogP contribution >= 0.6 is 15.9 Å². The first kappa shape index (κ1) is 13.2. The number of hydrogen-bond donors (Lipinski definition) is 2. The van der Waals surface area contributed by atoms with Crippen molar-refractivity contribution < 1.29 is 4.79 Å². The maximum absolute atomic E-state index is 11.8. The van der Waals surface area contributed by atoms with Crippen LogP contribution in [0.1, 0.15) is 19.4 Å². The minimum absolute atomic E-state index is 0.0544. The standard InChI is InChI=1S/C12H17BrN2O/c1-7-5-4-6-10(11(7)13)15-12(16)8(2)9(3)14/h4-6,8-9H,14H2,1-3H3,(H,15,16). The number of anilines is 1. The molecule has 1 rings (SSSR count). The lowest BCUT2D eigenvalue weighted by molar-refractivity contribution is -0.119. The van der Waals surface area contributed by atoms with Crippen LogP contribution in [-0.4, -0.2) is 11.9 Å². The first-order valence-electron chi connectivity index (χ1n) is 5.25. The third kappa shape index (κ3) is 3.06. The number of rotatable bonds is 3. The van der Waals surface area contributed by atoms with E-state index in [1.165, 1.54) is 0 Å². The van der Waals surface area contributed by atoms with Gasteiger partial charge in [-0.3, -0.25) is 4.79 Å². The first-order chi connectivity index (χ1) is 7.43. The highest BCUT2D eigenvalue weighted by Crippen LogP contribution is 2.26. The van der Waals surface area contributed by atoms with Gasteiger partial charge in [0.25, 0.3) is 0 Å². The molecule has 1 amide bonds. The van der Waals surface area contributed by atoms with Gasteiger partial charge in [-0.05, 0) is 41.4 Å². The van der Waals surface area contributed by atoms with E-state index < -0.39 is 0 Å². The summed E-state index contributed by atoms with van der Waals surface area (Å²) in [5.74, 6) is -0.256. The van der Waals surface area contributed by atoms with Crippen molar-refractivity contribution in [2.75, 3.05) is 5.32 Å². The molecule has 0 aliphatic rings. The first-order valence-corrected chi connectivity index (χ1v) is 6.04. The monoisotopic (exact) mass is 284 g/mol. The Hall–Kier alpha value is -0.870. The molecule has 2 atom stereocenters. The van der Waals surface area contributed by atoms with Gasteiger partial charge in [-0.25, -0.2) is 0 Å². The SMILES string of the molecule is Cc1cccc(NC(=O)C(C)C(C)N)c1Br. The smallest absolute Gasteiger partial charge is 0.228 e. The van der Waals surface area contributed by atoms with Crippen molar-refractivity contribution in [2.45, 2.75) is 26.8 Å². The van der Waals surface area contributed by atoms with Gasteiger partial charge in [0, 0.05) is 10.5 Å². The minimum atomic E-state index is -0.201. The van der Waals surface area contributed by atoms with Crippen LogP contribution in [0, 0.1) is 12.8 Å². The Morgan fingerprint density at radius 1 is 1.44 bits per heavy atom. The molecule has 0 radical (unpaired) electrons. The number of benzene rings is 1. The molecular weight excluding hydrogens is 268 g/mol. The molecule has 0 saturated carbocycles. The van der Waals surface area contributed by atoms with E-state index >= 15 is 0 Å². The van der Waals surface area contributed by atoms with Crippen LogP contribution in [0.2, 0.25) is 0 Å². The van der Waals surface area contributed by atoms with E-state index in [4.69, 9.17) is 5.73 Å². The number of nitrogens with one attached hydrogen (secondary N) is 1. The normalized spacial score (nSPS) is 14.3. The number of hydrogen-bond acceptors (Lipinski definition) is 2. The van der Waals surface area contributed by atoms with Crippen LogP contribution in [0.3, 0.4) is 0 Å². The molecule has 0 bridgehead atoms. The number of halogens is 1. The van der Waals surface area contributed by atoms with Crippen LogP contribution < -0.4 is 11.1 Å². The quantitative estimate of drug-likeness (QED) is 0.897. The molecule has 0 fully saturated rings. The zero-order chi connectivity index (χ0) is 12.3. The van der Waals surface area contributed by atoms with Crippen LogP contribution in [0.25, 0.3) is 0 Å². The van der Waals surface area contributed by atoms with Gasteiger partial charge in [-0.15, -0.1) is 0 Å². The zero-order valence-electron chi connectivity index (χ0n) is 9.75. The number of aryl methyl sites for hydroxylation is 1. The molecule has 0 aliphatic carbocycles. The summed E-state index contributed by atoms with van der Waals surface area (Å²) in [7, 11) is 0. The summed E-state index contributed by atoms with van der Waals surface area (Å²) >= 11 is 3.45. The molecule has 0 spiro atoms. The van der Waals surface area contributed by atoms with E-state index in [0.29, 0.717) is 0 Å². The Bertz CT molecular complexity index is 391. The zero-order valence-corrected chi connectivity index (χ0v) is 11.3. The fraction of sp³-hybridized carbons (Fsp3) is 0.417. The van der Waals surface area contributed by atoms with Gasteiger partial charge >= 0.3 is 0 Å². The van der Waals surface area contributed by atoms with Crippen LogP contribution in [-0.2, 0) is 4.79 Å². The topological polar surface area (TPSA) is 55.1 Å². The minimum Gasteiger partial charge on any atom is -0.327 e. The summed E-state index contributed by atoms with van der Waals surface area (Å²) in [6, 6.07) is 5.60. The molecule has 4 heteroatoms. The van der Waals surface area contributed by atoms with Crippen molar-refractivity contribution in [2.24, 2.45) is 11.7 Å². The van der Waals surface area contributed by atoms with E-state index in [1.54, 1.807) is 0 Å². The third-order valence-corrected chi connectivity index (χ3v) is 3.70. The third-order valence-electron chi connectivity index (χ3n) is 2.65. The molecule has 0 aromatic heterocycles. The molecular formula is C12H17BrN2O. The summed E-state index contributed by atoms with van der Waals surface area (Å²) < 4.78 is 0.917. The number of carbonyl (C=O) groups excluding carboxylic acids is 1. The van der Waals surface area contributed by atoms with Gasteiger partial charge in [0.05, 0.1) is 11.6 Å². The van der Waals surface area contributed by atoms with Crippen molar-refractivity contribution in [3.8, 4) is 0 Å². The lowest BCUT2D eigenvalue weighted by atomic mass is 10.0. The van der Waals surface area contributed by atoms with Crippen LogP contribution in [0.15, 0.2) is 22.7 Å². The predicted octanol–water partition coefficient (Wildman–Crippen LogP) is 2.68. The summed E-state index contributed by atoms with van der Waals surface area (Å²) in [5, 5.41) is 2.87. The van der Waals surface area contributed by atoms with Gasteiger partial charge in [0.15, 0.2) is 0 Å². The molecule has 3 N–H and O–H groups in total. The number of amides is 1. The summed E-state index contributed by atoms with van der Waals surface area (Å²) in [6.45, 7) is 5.63. The lowest BCUT2D eigenvalue weighted by Gasteiger charge is -2.16. The molecule has 0 heterocycles. The Kier molecular flexibility index (Phi) is 4.50. The van der Waals surface area contributed by atoms with Crippen molar-refractivity contribution in [3.63, 3.8) is 0 Å². The molecule has 2 unspecified atom stereocenters. The van der Waals surface area contributed by atoms with Gasteiger partial charge in [-0.2, -0.15) is 0 Å². The average Bonchev–Trinajstić information content (AvgIpc) is 2.23. The Labute approximate surface area is 105 Å². The van der Waals surface area contributed by atoms with E-state index in [0.717, 1.165) is 15.7 Å². The Morgan fingerprint density at radius 2 is 2.06 bits per heavy atom. The predicted molar refractivity (Wildman–Crippen MR) is 70.3 cm³/mol. The molecule has 1 aromatic carbocycles. The van der Waals surface area contributed by atoms with Crippen molar-refractivity contribution >= 4 is 27.5 Å². The molecule has 3 nitrogen and oxygen atoms in total. The van der Waals surface area contributed by atoms with E-state index in [2.05, 4.69) is 21.2 Å². The number of carbonyl (C=O) groups is 1. The van der Waals surface area contributed by atoms with Crippen LogP contribution in [0.4, 0.5) is 5.69 Å². The fourth-order valence-corrected chi connectivity index (χ4v) is 1.59. The maximum Gasteiger partial charge on any atom is 0.228 e. The van der Waals surface area contributed by atoms with Crippen molar-refractivity contribution in [1.82, 2.24) is 0 Å². The van der Waals surface area contributed by atoms with E-state index in [-0.39, 0.29) is 17.9 Å². The van der Waals surface area contributed by atoms with Crippen molar-refractivity contribution in [3.05, 3.63) is 28.2 Å².